The van der Waals surface area contributed by atoms with Crippen molar-refractivity contribution in [3.05, 3.63) is 60.0 Å². The number of hydrogen-bond donors (Lipinski definition) is 1. The zero-order chi connectivity index (χ0) is 21.4. The van der Waals surface area contributed by atoms with E-state index >= 15 is 0 Å². The minimum Gasteiger partial charge on any atom is -0.497 e. The third kappa shape index (κ3) is 3.68. The van der Waals surface area contributed by atoms with E-state index in [1.54, 1.807) is 20.4 Å². The second-order valence-electron chi connectivity index (χ2n) is 8.36. The molecule has 2 fully saturated rings. The number of benzene rings is 1. The summed E-state index contributed by atoms with van der Waals surface area (Å²) in [5.74, 6) is 0.856. The minimum atomic E-state index is 0.0656. The summed E-state index contributed by atoms with van der Waals surface area (Å²) in [4.78, 5) is 25.1. The lowest BCUT2D eigenvalue weighted by atomic mass is 9.87. The van der Waals surface area contributed by atoms with E-state index in [-0.39, 0.29) is 18.1 Å². The number of fused-ring (bicyclic) bond motifs is 1. The number of carbonyl (C=O) groups excluding carboxylic acids is 1. The number of hydrogen-bond acceptors (Lipinski definition) is 5. The van der Waals surface area contributed by atoms with Crippen molar-refractivity contribution in [3.63, 3.8) is 0 Å². The Morgan fingerprint density at radius 1 is 1.16 bits per heavy atom. The van der Waals surface area contributed by atoms with Gasteiger partial charge in [0, 0.05) is 56.1 Å². The Morgan fingerprint density at radius 3 is 2.71 bits per heavy atom. The molecule has 7 heteroatoms. The number of carbonyl (C=O) groups is 1. The summed E-state index contributed by atoms with van der Waals surface area (Å²) >= 11 is 0. The number of H-pyrrole nitrogens is 1. The average molecular weight is 421 g/mol. The molecule has 2 aliphatic rings. The molecular weight excluding hydrogens is 392 g/mol. The third-order valence-corrected chi connectivity index (χ3v) is 6.71. The Labute approximate surface area is 182 Å². The monoisotopic (exact) mass is 420 g/mol. The van der Waals surface area contributed by atoms with Gasteiger partial charge in [0.25, 0.3) is 5.91 Å². The molecule has 2 atom stereocenters. The largest absolute Gasteiger partial charge is 0.497 e. The summed E-state index contributed by atoms with van der Waals surface area (Å²) in [6, 6.07) is 12.5. The van der Waals surface area contributed by atoms with E-state index in [1.165, 1.54) is 5.56 Å². The summed E-state index contributed by atoms with van der Waals surface area (Å²) in [6.45, 7) is 2.45. The maximum absolute atomic E-state index is 13.1. The fourth-order valence-corrected chi connectivity index (χ4v) is 4.96. The first-order valence-corrected chi connectivity index (χ1v) is 10.8. The third-order valence-electron chi connectivity index (χ3n) is 6.71. The van der Waals surface area contributed by atoms with Gasteiger partial charge in [-0.2, -0.15) is 0 Å². The Morgan fingerprint density at radius 2 is 2.00 bits per heavy atom. The number of piperidine rings is 1. The van der Waals surface area contributed by atoms with E-state index in [0.29, 0.717) is 11.7 Å². The molecule has 1 aromatic carbocycles. The molecule has 0 bridgehead atoms. The number of ether oxygens (including phenoxy) is 2. The predicted octanol–water partition coefficient (Wildman–Crippen LogP) is 3.25. The van der Waals surface area contributed by atoms with Crippen LogP contribution in [-0.4, -0.2) is 71.7 Å². The smallest absolute Gasteiger partial charge is 0.270 e. The molecule has 2 saturated heterocycles. The summed E-state index contributed by atoms with van der Waals surface area (Å²) in [5, 5.41) is 0.989. The highest BCUT2D eigenvalue weighted by Crippen LogP contribution is 2.39. The van der Waals surface area contributed by atoms with Gasteiger partial charge in [0.05, 0.1) is 19.3 Å². The quantitative estimate of drug-likeness (QED) is 0.686. The van der Waals surface area contributed by atoms with Crippen molar-refractivity contribution < 1.29 is 14.3 Å². The average Bonchev–Trinajstić information content (AvgIpc) is 3.23. The molecule has 2 aliphatic heterocycles. The number of aromatic amines is 1. The topological polar surface area (TPSA) is 70.7 Å². The van der Waals surface area contributed by atoms with Gasteiger partial charge in [0.15, 0.2) is 0 Å². The number of amides is 1. The van der Waals surface area contributed by atoms with E-state index in [1.807, 2.05) is 41.4 Å². The fourth-order valence-electron chi connectivity index (χ4n) is 4.96. The number of nitrogens with zero attached hydrogens (tertiary/aromatic N) is 3. The second kappa shape index (κ2) is 8.32. The molecular formula is C24H28N4O3. The van der Waals surface area contributed by atoms with Crippen LogP contribution in [0.25, 0.3) is 10.9 Å². The lowest BCUT2D eigenvalue weighted by Crippen LogP contribution is -2.60. The molecule has 0 saturated carbocycles. The van der Waals surface area contributed by atoms with Crippen LogP contribution in [0.4, 0.5) is 0 Å². The molecule has 162 valence electrons. The van der Waals surface area contributed by atoms with Crippen LogP contribution in [0.3, 0.4) is 0 Å². The standard InChI is InChI=1S/C24H28N4O3/c1-30-19-5-6-20-17(12-19)13-21(26-20)24(29)27-10-7-18(8-11-27)28-15-22(31-2)23(28)16-4-3-9-25-14-16/h3-6,9,12-14,18,22-23,26H,7-8,10-11,15H2,1-2H3/t22-,23-/m0/s1. The summed E-state index contributed by atoms with van der Waals surface area (Å²) in [7, 11) is 3.43. The van der Waals surface area contributed by atoms with Gasteiger partial charge in [-0.3, -0.25) is 14.7 Å². The van der Waals surface area contributed by atoms with E-state index in [4.69, 9.17) is 9.47 Å². The van der Waals surface area contributed by atoms with Crippen LogP contribution in [0.15, 0.2) is 48.8 Å². The predicted molar refractivity (Wildman–Crippen MR) is 118 cm³/mol. The van der Waals surface area contributed by atoms with Crippen molar-refractivity contribution in [1.29, 1.82) is 0 Å². The lowest BCUT2D eigenvalue weighted by Gasteiger charge is -2.52. The van der Waals surface area contributed by atoms with Crippen LogP contribution in [0, 0.1) is 0 Å². The van der Waals surface area contributed by atoms with Gasteiger partial charge in [0.2, 0.25) is 0 Å². The van der Waals surface area contributed by atoms with E-state index < -0.39 is 0 Å². The van der Waals surface area contributed by atoms with Gasteiger partial charge in [-0.1, -0.05) is 6.07 Å². The highest BCUT2D eigenvalue weighted by molar-refractivity contribution is 5.98. The highest BCUT2D eigenvalue weighted by Gasteiger charge is 2.44. The van der Waals surface area contributed by atoms with Gasteiger partial charge < -0.3 is 19.4 Å². The first-order chi connectivity index (χ1) is 15.2. The molecule has 0 unspecified atom stereocenters. The van der Waals surface area contributed by atoms with Crippen molar-refractivity contribution >= 4 is 16.8 Å². The summed E-state index contributed by atoms with van der Waals surface area (Å²) in [6.07, 6.45) is 5.87. The number of aromatic nitrogens is 2. The second-order valence-corrected chi connectivity index (χ2v) is 8.36. The SMILES string of the molecule is COc1ccc2[nH]c(C(=O)N3CCC(N4C[C@H](OC)[C@@H]4c4cccnc4)CC3)cc2c1. The molecule has 3 aromatic rings. The lowest BCUT2D eigenvalue weighted by molar-refractivity contribution is -0.115. The molecule has 1 amide bonds. The Balaban J connectivity index is 1.24. The molecule has 0 spiro atoms. The van der Waals surface area contributed by atoms with Crippen LogP contribution in [0.2, 0.25) is 0 Å². The van der Waals surface area contributed by atoms with Crippen LogP contribution >= 0.6 is 0 Å². The van der Waals surface area contributed by atoms with Crippen LogP contribution in [0.5, 0.6) is 5.75 Å². The van der Waals surface area contributed by atoms with Gasteiger partial charge in [0.1, 0.15) is 11.4 Å². The molecule has 7 nitrogen and oxygen atoms in total. The first-order valence-electron chi connectivity index (χ1n) is 10.8. The van der Waals surface area contributed by atoms with Crippen molar-refractivity contribution in [2.24, 2.45) is 0 Å². The van der Waals surface area contributed by atoms with Crippen molar-refractivity contribution in [2.75, 3.05) is 33.9 Å². The summed E-state index contributed by atoms with van der Waals surface area (Å²) in [5.41, 5.74) is 2.79. The van der Waals surface area contributed by atoms with Crippen molar-refractivity contribution in [1.82, 2.24) is 19.8 Å². The Kier molecular flexibility index (Phi) is 5.38. The molecule has 5 rings (SSSR count). The maximum Gasteiger partial charge on any atom is 0.270 e. The highest BCUT2D eigenvalue weighted by atomic mass is 16.5. The number of nitrogens with one attached hydrogen (secondary N) is 1. The van der Waals surface area contributed by atoms with E-state index in [0.717, 1.165) is 49.1 Å². The zero-order valence-electron chi connectivity index (χ0n) is 18.0. The van der Waals surface area contributed by atoms with E-state index in [2.05, 4.69) is 20.9 Å². The van der Waals surface area contributed by atoms with Gasteiger partial charge in [-0.25, -0.2) is 0 Å². The molecule has 4 heterocycles. The van der Waals surface area contributed by atoms with Crippen LogP contribution < -0.4 is 4.74 Å². The molecule has 31 heavy (non-hydrogen) atoms. The summed E-state index contributed by atoms with van der Waals surface area (Å²) < 4.78 is 11.0. The fraction of sp³-hybridized carbons (Fsp3) is 0.417. The van der Waals surface area contributed by atoms with Gasteiger partial charge >= 0.3 is 0 Å². The molecule has 1 N–H and O–H groups in total. The Hall–Kier alpha value is -2.90. The van der Waals surface area contributed by atoms with Crippen LogP contribution in [0.1, 0.15) is 34.9 Å². The normalized spacial score (nSPS) is 22.5. The zero-order valence-corrected chi connectivity index (χ0v) is 18.0. The van der Waals surface area contributed by atoms with Crippen LogP contribution in [-0.2, 0) is 4.74 Å². The number of pyridine rings is 1. The maximum atomic E-state index is 13.1. The first kappa shape index (κ1) is 20.0. The van der Waals surface area contributed by atoms with Crippen molar-refractivity contribution in [2.45, 2.75) is 31.0 Å². The molecule has 0 radical (unpaired) electrons. The Bertz CT molecular complexity index is 1060. The number of likely N-dealkylation sites (tertiary alicyclic amines) is 2. The van der Waals surface area contributed by atoms with Gasteiger partial charge in [-0.05, 0) is 48.7 Å². The van der Waals surface area contributed by atoms with E-state index in [9.17, 15) is 4.79 Å². The van der Waals surface area contributed by atoms with Crippen molar-refractivity contribution in [3.8, 4) is 5.75 Å². The number of rotatable bonds is 5. The minimum absolute atomic E-state index is 0.0656. The molecule has 2 aromatic heterocycles. The van der Waals surface area contributed by atoms with Gasteiger partial charge in [-0.15, -0.1) is 0 Å². The molecule has 0 aliphatic carbocycles. The number of methoxy groups -OCH3 is 2.